The zero-order valence-corrected chi connectivity index (χ0v) is 9.07. The molecule has 14 heavy (non-hydrogen) atoms. The van der Waals surface area contributed by atoms with Gasteiger partial charge in [0, 0.05) is 26.7 Å². The molecule has 1 amide bonds. The van der Waals surface area contributed by atoms with Gasteiger partial charge in [-0.15, -0.1) is 0 Å². The third-order valence-electron chi connectivity index (χ3n) is 2.85. The monoisotopic (exact) mass is 200 g/mol. The third-order valence-corrected chi connectivity index (χ3v) is 2.85. The van der Waals surface area contributed by atoms with Crippen LogP contribution in [0.2, 0.25) is 0 Å². The number of hydrogen-bond acceptors (Lipinski definition) is 3. The molecular weight excluding hydrogens is 180 g/mol. The summed E-state index contributed by atoms with van der Waals surface area (Å²) in [6, 6.07) is 0.0524. The second-order valence-corrected chi connectivity index (χ2v) is 3.77. The second kappa shape index (κ2) is 5.32. The summed E-state index contributed by atoms with van der Waals surface area (Å²) in [5, 5.41) is 8.75. The number of amides is 1. The highest BCUT2D eigenvalue weighted by molar-refractivity contribution is 5.83. The van der Waals surface area contributed by atoms with Crippen molar-refractivity contribution in [3.05, 3.63) is 0 Å². The molecule has 82 valence electrons. The van der Waals surface area contributed by atoms with Crippen molar-refractivity contribution < 1.29 is 9.90 Å². The van der Waals surface area contributed by atoms with Crippen LogP contribution in [0, 0.1) is 0 Å². The van der Waals surface area contributed by atoms with Gasteiger partial charge in [0.25, 0.3) is 0 Å². The molecule has 1 aliphatic rings. The Balaban J connectivity index is 2.48. The molecule has 4 heteroatoms. The standard InChI is InChI=1S/C10H20N2O2/c1-3-12(6-4-8-13)9-5-7-11(2)10(9)14/h9,13H,3-8H2,1-2H3. The number of hydrogen-bond donors (Lipinski definition) is 1. The van der Waals surface area contributed by atoms with Gasteiger partial charge < -0.3 is 10.0 Å². The molecule has 1 N–H and O–H groups in total. The Morgan fingerprint density at radius 2 is 2.36 bits per heavy atom. The molecule has 1 atom stereocenters. The van der Waals surface area contributed by atoms with Gasteiger partial charge in [0.15, 0.2) is 0 Å². The van der Waals surface area contributed by atoms with Gasteiger partial charge in [-0.25, -0.2) is 0 Å². The molecule has 0 spiro atoms. The average Bonchev–Trinajstić information content (AvgIpc) is 2.51. The van der Waals surface area contributed by atoms with Crippen molar-refractivity contribution in [3.63, 3.8) is 0 Å². The highest BCUT2D eigenvalue weighted by atomic mass is 16.3. The van der Waals surface area contributed by atoms with Crippen LogP contribution in [0.1, 0.15) is 19.8 Å². The number of aliphatic hydroxyl groups is 1. The molecule has 0 aliphatic carbocycles. The molecule has 0 saturated carbocycles. The summed E-state index contributed by atoms with van der Waals surface area (Å²) in [6.07, 6.45) is 1.68. The van der Waals surface area contributed by atoms with Crippen LogP contribution in [0.5, 0.6) is 0 Å². The minimum atomic E-state index is 0.0524. The number of likely N-dealkylation sites (tertiary alicyclic amines) is 1. The zero-order chi connectivity index (χ0) is 10.6. The first-order valence-corrected chi connectivity index (χ1v) is 5.30. The van der Waals surface area contributed by atoms with Crippen LogP contribution in [0.15, 0.2) is 0 Å². The Morgan fingerprint density at radius 3 is 2.79 bits per heavy atom. The molecule has 4 nitrogen and oxygen atoms in total. The van der Waals surface area contributed by atoms with E-state index in [4.69, 9.17) is 5.11 Å². The summed E-state index contributed by atoms with van der Waals surface area (Å²) in [5.74, 6) is 0.227. The zero-order valence-electron chi connectivity index (χ0n) is 9.07. The maximum atomic E-state index is 11.7. The van der Waals surface area contributed by atoms with E-state index in [2.05, 4.69) is 11.8 Å². The number of aliphatic hydroxyl groups excluding tert-OH is 1. The molecule has 1 unspecified atom stereocenters. The minimum absolute atomic E-state index is 0.0524. The molecule has 1 aliphatic heterocycles. The number of carbonyl (C=O) groups is 1. The maximum absolute atomic E-state index is 11.7. The lowest BCUT2D eigenvalue weighted by Crippen LogP contribution is -2.41. The summed E-state index contributed by atoms with van der Waals surface area (Å²) in [5.41, 5.74) is 0. The van der Waals surface area contributed by atoms with Crippen LogP contribution in [0.4, 0.5) is 0 Å². The second-order valence-electron chi connectivity index (χ2n) is 3.77. The van der Waals surface area contributed by atoms with E-state index in [1.165, 1.54) is 0 Å². The molecule has 1 fully saturated rings. The van der Waals surface area contributed by atoms with E-state index in [9.17, 15) is 4.79 Å². The number of rotatable bonds is 5. The molecule has 1 heterocycles. The first-order chi connectivity index (χ1) is 6.70. The Labute approximate surface area is 85.5 Å². The van der Waals surface area contributed by atoms with Crippen LogP contribution in [0.25, 0.3) is 0 Å². The Morgan fingerprint density at radius 1 is 1.64 bits per heavy atom. The lowest BCUT2D eigenvalue weighted by molar-refractivity contribution is -0.131. The van der Waals surface area contributed by atoms with Crippen LogP contribution < -0.4 is 0 Å². The van der Waals surface area contributed by atoms with Gasteiger partial charge in [0.1, 0.15) is 0 Å². The van der Waals surface area contributed by atoms with E-state index in [0.717, 1.165) is 32.5 Å². The minimum Gasteiger partial charge on any atom is -0.396 e. The quantitative estimate of drug-likeness (QED) is 0.675. The number of nitrogens with zero attached hydrogens (tertiary/aromatic N) is 2. The van der Waals surface area contributed by atoms with E-state index >= 15 is 0 Å². The summed E-state index contributed by atoms with van der Waals surface area (Å²) in [7, 11) is 1.85. The molecular formula is C10H20N2O2. The summed E-state index contributed by atoms with van der Waals surface area (Å²) in [6.45, 7) is 4.82. The van der Waals surface area contributed by atoms with Crippen LogP contribution >= 0.6 is 0 Å². The van der Waals surface area contributed by atoms with Crippen molar-refractivity contribution in [3.8, 4) is 0 Å². The van der Waals surface area contributed by atoms with Crippen LogP contribution in [0.3, 0.4) is 0 Å². The Kier molecular flexibility index (Phi) is 4.35. The summed E-state index contributed by atoms with van der Waals surface area (Å²) < 4.78 is 0. The maximum Gasteiger partial charge on any atom is 0.239 e. The highest BCUT2D eigenvalue weighted by Gasteiger charge is 2.32. The van der Waals surface area contributed by atoms with Gasteiger partial charge >= 0.3 is 0 Å². The van der Waals surface area contributed by atoms with Gasteiger partial charge in [-0.05, 0) is 19.4 Å². The van der Waals surface area contributed by atoms with Gasteiger partial charge in [-0.3, -0.25) is 9.69 Å². The molecule has 1 rings (SSSR count). The lowest BCUT2D eigenvalue weighted by atomic mass is 10.2. The van der Waals surface area contributed by atoms with Gasteiger partial charge in [0.05, 0.1) is 6.04 Å². The fourth-order valence-corrected chi connectivity index (χ4v) is 1.95. The predicted molar refractivity (Wildman–Crippen MR) is 55.0 cm³/mol. The Hall–Kier alpha value is -0.610. The van der Waals surface area contributed by atoms with Crippen LogP contribution in [-0.2, 0) is 4.79 Å². The third kappa shape index (κ3) is 2.45. The van der Waals surface area contributed by atoms with Crippen molar-refractivity contribution >= 4 is 5.91 Å². The molecule has 0 radical (unpaired) electrons. The molecule has 1 saturated heterocycles. The van der Waals surface area contributed by atoms with E-state index in [-0.39, 0.29) is 18.6 Å². The first-order valence-electron chi connectivity index (χ1n) is 5.30. The summed E-state index contributed by atoms with van der Waals surface area (Å²) >= 11 is 0. The van der Waals surface area contributed by atoms with E-state index in [1.54, 1.807) is 4.90 Å². The summed E-state index contributed by atoms with van der Waals surface area (Å²) in [4.78, 5) is 15.6. The van der Waals surface area contributed by atoms with Crippen molar-refractivity contribution in [2.45, 2.75) is 25.8 Å². The molecule has 0 bridgehead atoms. The number of likely N-dealkylation sites (N-methyl/N-ethyl adjacent to an activating group) is 2. The smallest absolute Gasteiger partial charge is 0.239 e. The van der Waals surface area contributed by atoms with Gasteiger partial charge in [-0.1, -0.05) is 6.92 Å². The fourth-order valence-electron chi connectivity index (χ4n) is 1.95. The van der Waals surface area contributed by atoms with Crippen LogP contribution in [-0.4, -0.2) is 60.1 Å². The fraction of sp³-hybridized carbons (Fsp3) is 0.900. The van der Waals surface area contributed by atoms with Crippen molar-refractivity contribution in [1.82, 2.24) is 9.80 Å². The normalized spacial score (nSPS) is 22.4. The lowest BCUT2D eigenvalue weighted by Gasteiger charge is -2.25. The predicted octanol–water partition coefficient (Wildman–Crippen LogP) is -0.0786. The average molecular weight is 200 g/mol. The first kappa shape index (κ1) is 11.5. The largest absolute Gasteiger partial charge is 0.396 e. The molecule has 0 aromatic rings. The van der Waals surface area contributed by atoms with E-state index in [0.29, 0.717) is 0 Å². The SMILES string of the molecule is CCN(CCCO)C1CCN(C)C1=O. The van der Waals surface area contributed by atoms with E-state index < -0.39 is 0 Å². The van der Waals surface area contributed by atoms with Crippen molar-refractivity contribution in [1.29, 1.82) is 0 Å². The van der Waals surface area contributed by atoms with Gasteiger partial charge in [-0.2, -0.15) is 0 Å². The molecule has 0 aromatic carbocycles. The van der Waals surface area contributed by atoms with Crippen molar-refractivity contribution in [2.75, 3.05) is 33.3 Å². The topological polar surface area (TPSA) is 43.8 Å². The van der Waals surface area contributed by atoms with Gasteiger partial charge in [0.2, 0.25) is 5.91 Å². The highest BCUT2D eigenvalue weighted by Crippen LogP contribution is 2.15. The Bertz CT molecular complexity index is 197. The number of carbonyl (C=O) groups excluding carboxylic acids is 1. The van der Waals surface area contributed by atoms with Crippen molar-refractivity contribution in [2.24, 2.45) is 0 Å². The van der Waals surface area contributed by atoms with E-state index in [1.807, 2.05) is 7.05 Å². The molecule has 0 aromatic heterocycles.